The first-order chi connectivity index (χ1) is 15.1. The van der Waals surface area contributed by atoms with E-state index < -0.39 is 23.6 Å². The molecule has 10 nitrogen and oxygen atoms in total. The molecule has 1 aliphatic rings. The van der Waals surface area contributed by atoms with Gasteiger partial charge in [-0.05, 0) is 30.7 Å². The molecule has 0 saturated carbocycles. The zero-order valence-electron chi connectivity index (χ0n) is 19.1. The number of nitrogens with zero attached hydrogens (tertiary/aromatic N) is 2. The SMILES string of the molecule is CCOC(=O)NC(C(=O)N1CCCC1C(=O)NCc1ccc(/C(N)=N/O)cc1)C(C)(C)C. The van der Waals surface area contributed by atoms with Gasteiger partial charge in [-0.2, -0.15) is 0 Å². The number of ether oxygens (including phenoxy) is 1. The average Bonchev–Trinajstić information content (AvgIpc) is 3.24. The Labute approximate surface area is 188 Å². The summed E-state index contributed by atoms with van der Waals surface area (Å²) in [6.45, 7) is 8.17. The molecule has 32 heavy (non-hydrogen) atoms. The molecule has 176 valence electrons. The van der Waals surface area contributed by atoms with Crippen LogP contribution in [0.1, 0.15) is 51.7 Å². The van der Waals surface area contributed by atoms with Crippen LogP contribution < -0.4 is 16.4 Å². The van der Waals surface area contributed by atoms with Crippen molar-refractivity contribution >= 4 is 23.7 Å². The summed E-state index contributed by atoms with van der Waals surface area (Å²) < 4.78 is 4.94. The molecule has 0 radical (unpaired) electrons. The fourth-order valence-electron chi connectivity index (χ4n) is 3.57. The number of alkyl carbamates (subject to hydrolysis) is 1. The molecule has 1 saturated heterocycles. The van der Waals surface area contributed by atoms with Crippen LogP contribution in [0.3, 0.4) is 0 Å². The van der Waals surface area contributed by atoms with Gasteiger partial charge < -0.3 is 31.2 Å². The number of hydrogen-bond donors (Lipinski definition) is 4. The fourth-order valence-corrected chi connectivity index (χ4v) is 3.57. The van der Waals surface area contributed by atoms with Crippen LogP contribution in [-0.4, -0.2) is 59.1 Å². The number of likely N-dealkylation sites (tertiary alicyclic amines) is 1. The summed E-state index contributed by atoms with van der Waals surface area (Å²) in [7, 11) is 0. The van der Waals surface area contributed by atoms with Crippen molar-refractivity contribution in [1.82, 2.24) is 15.5 Å². The van der Waals surface area contributed by atoms with Gasteiger partial charge in [-0.15, -0.1) is 0 Å². The molecule has 2 rings (SSSR count). The van der Waals surface area contributed by atoms with Gasteiger partial charge in [0.25, 0.3) is 0 Å². The quantitative estimate of drug-likeness (QED) is 0.216. The van der Waals surface area contributed by atoms with Crippen LogP contribution in [0.4, 0.5) is 4.79 Å². The van der Waals surface area contributed by atoms with E-state index in [1.807, 2.05) is 20.8 Å². The van der Waals surface area contributed by atoms with E-state index in [0.717, 1.165) is 5.56 Å². The van der Waals surface area contributed by atoms with Crippen molar-refractivity contribution in [3.8, 4) is 0 Å². The predicted molar refractivity (Wildman–Crippen MR) is 119 cm³/mol. The maximum atomic E-state index is 13.3. The molecule has 0 bridgehead atoms. The summed E-state index contributed by atoms with van der Waals surface area (Å²) >= 11 is 0. The number of oxime groups is 1. The highest BCUT2D eigenvalue weighted by molar-refractivity contribution is 5.97. The molecular formula is C22H33N5O5. The van der Waals surface area contributed by atoms with Gasteiger partial charge in [0.2, 0.25) is 11.8 Å². The van der Waals surface area contributed by atoms with Gasteiger partial charge in [0.15, 0.2) is 5.84 Å². The molecule has 1 heterocycles. The molecule has 0 spiro atoms. The third kappa shape index (κ3) is 6.35. The Hall–Kier alpha value is -3.30. The van der Waals surface area contributed by atoms with Crippen LogP contribution >= 0.6 is 0 Å². The highest BCUT2D eigenvalue weighted by Crippen LogP contribution is 2.26. The summed E-state index contributed by atoms with van der Waals surface area (Å²) in [5, 5.41) is 17.2. The minimum atomic E-state index is -0.818. The highest BCUT2D eigenvalue weighted by atomic mass is 16.5. The second-order valence-corrected chi connectivity index (χ2v) is 8.75. The predicted octanol–water partition coefficient (Wildman–Crippen LogP) is 1.55. The van der Waals surface area contributed by atoms with E-state index in [2.05, 4.69) is 15.8 Å². The molecule has 1 fully saturated rings. The Morgan fingerprint density at radius 2 is 1.94 bits per heavy atom. The lowest BCUT2D eigenvalue weighted by atomic mass is 9.85. The number of benzene rings is 1. The molecule has 2 unspecified atom stereocenters. The van der Waals surface area contributed by atoms with Gasteiger partial charge in [0, 0.05) is 18.7 Å². The largest absolute Gasteiger partial charge is 0.450 e. The molecule has 1 aromatic carbocycles. The number of nitrogens with two attached hydrogens (primary N) is 1. The van der Waals surface area contributed by atoms with Crippen molar-refractivity contribution in [2.24, 2.45) is 16.3 Å². The van der Waals surface area contributed by atoms with Crippen molar-refractivity contribution in [3.05, 3.63) is 35.4 Å². The van der Waals surface area contributed by atoms with E-state index in [4.69, 9.17) is 15.7 Å². The Kier molecular flexibility index (Phi) is 8.45. The van der Waals surface area contributed by atoms with E-state index in [1.165, 1.54) is 0 Å². The first-order valence-corrected chi connectivity index (χ1v) is 10.7. The molecule has 0 aromatic heterocycles. The van der Waals surface area contributed by atoms with Gasteiger partial charge in [0.05, 0.1) is 6.61 Å². The van der Waals surface area contributed by atoms with Gasteiger partial charge in [-0.1, -0.05) is 50.2 Å². The summed E-state index contributed by atoms with van der Waals surface area (Å²) in [5.74, 6) is -0.544. The minimum Gasteiger partial charge on any atom is -0.450 e. The summed E-state index contributed by atoms with van der Waals surface area (Å²) in [5.41, 5.74) is 6.39. The molecule has 2 atom stereocenters. The Morgan fingerprint density at radius 3 is 2.50 bits per heavy atom. The van der Waals surface area contributed by atoms with Crippen molar-refractivity contribution < 1.29 is 24.3 Å². The Morgan fingerprint density at radius 1 is 1.28 bits per heavy atom. The molecule has 5 N–H and O–H groups in total. The van der Waals surface area contributed by atoms with Crippen LogP contribution in [0, 0.1) is 5.41 Å². The van der Waals surface area contributed by atoms with E-state index in [-0.39, 0.29) is 30.8 Å². The van der Waals surface area contributed by atoms with Crippen molar-refractivity contribution in [2.45, 2.75) is 59.2 Å². The number of nitrogens with one attached hydrogen (secondary N) is 2. The van der Waals surface area contributed by atoms with Crippen LogP contribution in [0.2, 0.25) is 0 Å². The minimum absolute atomic E-state index is 0.00512. The monoisotopic (exact) mass is 447 g/mol. The van der Waals surface area contributed by atoms with Crippen LogP contribution in [0.5, 0.6) is 0 Å². The lowest BCUT2D eigenvalue weighted by Gasteiger charge is -2.35. The first kappa shape index (κ1) is 25.0. The molecule has 3 amide bonds. The van der Waals surface area contributed by atoms with Crippen LogP contribution in [-0.2, 0) is 20.9 Å². The average molecular weight is 448 g/mol. The number of rotatable bonds is 7. The second-order valence-electron chi connectivity index (χ2n) is 8.75. The summed E-state index contributed by atoms with van der Waals surface area (Å²) in [6, 6.07) is 5.50. The maximum Gasteiger partial charge on any atom is 0.407 e. The van der Waals surface area contributed by atoms with Crippen molar-refractivity contribution in [3.63, 3.8) is 0 Å². The number of amides is 3. The molecule has 0 aliphatic carbocycles. The smallest absolute Gasteiger partial charge is 0.407 e. The van der Waals surface area contributed by atoms with Gasteiger partial charge in [-0.25, -0.2) is 4.79 Å². The van der Waals surface area contributed by atoms with E-state index in [9.17, 15) is 14.4 Å². The summed E-state index contributed by atoms with van der Waals surface area (Å²) in [6.07, 6.45) is 0.599. The number of hydrogen-bond acceptors (Lipinski definition) is 6. The first-order valence-electron chi connectivity index (χ1n) is 10.7. The number of carbonyl (C=O) groups excluding carboxylic acids is 3. The van der Waals surface area contributed by atoms with E-state index in [0.29, 0.717) is 24.9 Å². The maximum absolute atomic E-state index is 13.3. The van der Waals surface area contributed by atoms with Gasteiger partial charge >= 0.3 is 6.09 Å². The van der Waals surface area contributed by atoms with E-state index in [1.54, 1.807) is 36.1 Å². The topological polar surface area (TPSA) is 146 Å². The second kappa shape index (κ2) is 10.8. The van der Waals surface area contributed by atoms with Crippen molar-refractivity contribution in [1.29, 1.82) is 0 Å². The standard InChI is InChI=1S/C22H33N5O5/c1-5-32-21(30)25-17(22(2,3)4)20(29)27-12-6-7-16(27)19(28)24-13-14-8-10-15(11-9-14)18(23)26-31/h8-11,16-17,31H,5-7,12-13H2,1-4H3,(H2,23,26)(H,24,28)(H,25,30). The Bertz CT molecular complexity index is 847. The fraction of sp³-hybridized carbons (Fsp3) is 0.545. The Balaban J connectivity index is 2.05. The highest BCUT2D eigenvalue weighted by Gasteiger charge is 2.42. The van der Waals surface area contributed by atoms with Crippen LogP contribution in [0.25, 0.3) is 0 Å². The zero-order valence-corrected chi connectivity index (χ0v) is 19.1. The van der Waals surface area contributed by atoms with Crippen molar-refractivity contribution in [2.75, 3.05) is 13.2 Å². The molecule has 10 heteroatoms. The molecular weight excluding hydrogens is 414 g/mol. The summed E-state index contributed by atoms with van der Waals surface area (Å²) in [4.78, 5) is 39.7. The molecule has 1 aliphatic heterocycles. The number of carbonyl (C=O) groups is 3. The lowest BCUT2D eigenvalue weighted by molar-refractivity contribution is -0.142. The molecule has 1 aromatic rings. The van der Waals surface area contributed by atoms with Crippen LogP contribution in [0.15, 0.2) is 29.4 Å². The zero-order chi connectivity index (χ0) is 23.9. The normalized spacial score (nSPS) is 17.6. The number of amidine groups is 1. The van der Waals surface area contributed by atoms with Gasteiger partial charge in [-0.3, -0.25) is 9.59 Å². The third-order valence-corrected chi connectivity index (χ3v) is 5.31. The lowest BCUT2D eigenvalue weighted by Crippen LogP contribution is -2.57. The van der Waals surface area contributed by atoms with E-state index >= 15 is 0 Å². The van der Waals surface area contributed by atoms with Gasteiger partial charge in [0.1, 0.15) is 12.1 Å². The third-order valence-electron chi connectivity index (χ3n) is 5.31.